The topological polar surface area (TPSA) is 70.5 Å². The van der Waals surface area contributed by atoms with Gasteiger partial charge < -0.3 is 20.9 Å². The minimum atomic E-state index is -0.00984. The fraction of sp³-hybridized carbons (Fsp3) is 0.571. The average Bonchev–Trinajstić information content (AvgIpc) is 2.37. The van der Waals surface area contributed by atoms with E-state index in [2.05, 4.69) is 13.8 Å². The van der Waals surface area contributed by atoms with Gasteiger partial charge in [0.2, 0.25) is 0 Å². The van der Waals surface area contributed by atoms with Crippen molar-refractivity contribution in [3.8, 4) is 11.5 Å². The van der Waals surface area contributed by atoms with Crippen molar-refractivity contribution in [2.75, 3.05) is 19.8 Å². The Balaban J connectivity index is 2.27. The van der Waals surface area contributed by atoms with Crippen LogP contribution in [0, 0.1) is 12.8 Å². The van der Waals surface area contributed by atoms with Gasteiger partial charge in [-0.3, -0.25) is 0 Å². The van der Waals surface area contributed by atoms with E-state index in [4.69, 9.17) is 20.9 Å². The molecule has 0 fully saturated rings. The first-order chi connectivity index (χ1) is 8.63. The SMILES string of the molecule is Cc1cc2c(cc1C(N)C(C)CCN)OCCO2. The number of hydrogen-bond donors (Lipinski definition) is 2. The monoisotopic (exact) mass is 250 g/mol. The van der Waals surface area contributed by atoms with Crippen LogP contribution in [0.3, 0.4) is 0 Å². The number of aryl methyl sites for hydroxylation is 1. The summed E-state index contributed by atoms with van der Waals surface area (Å²) in [7, 11) is 0. The van der Waals surface area contributed by atoms with Gasteiger partial charge in [0.1, 0.15) is 13.2 Å². The minimum Gasteiger partial charge on any atom is -0.486 e. The Kier molecular flexibility index (Phi) is 4.09. The predicted octanol–water partition coefficient (Wildman–Crippen LogP) is 1.75. The third kappa shape index (κ3) is 2.60. The van der Waals surface area contributed by atoms with Gasteiger partial charge in [0.25, 0.3) is 0 Å². The van der Waals surface area contributed by atoms with Crippen molar-refractivity contribution in [2.45, 2.75) is 26.3 Å². The maximum atomic E-state index is 6.31. The molecule has 2 atom stereocenters. The highest BCUT2D eigenvalue weighted by Gasteiger charge is 2.20. The fourth-order valence-corrected chi connectivity index (χ4v) is 2.31. The molecule has 1 heterocycles. The Morgan fingerprint density at radius 3 is 2.44 bits per heavy atom. The molecule has 1 aromatic rings. The predicted molar refractivity (Wildman–Crippen MR) is 71.9 cm³/mol. The Morgan fingerprint density at radius 1 is 1.22 bits per heavy atom. The maximum Gasteiger partial charge on any atom is 0.161 e. The van der Waals surface area contributed by atoms with Gasteiger partial charge in [-0.25, -0.2) is 0 Å². The highest BCUT2D eigenvalue weighted by atomic mass is 16.6. The molecule has 0 radical (unpaired) electrons. The van der Waals surface area contributed by atoms with Crippen molar-refractivity contribution in [1.82, 2.24) is 0 Å². The van der Waals surface area contributed by atoms with E-state index in [9.17, 15) is 0 Å². The number of benzene rings is 1. The molecule has 2 rings (SSSR count). The molecule has 4 N–H and O–H groups in total. The third-order valence-electron chi connectivity index (χ3n) is 3.53. The molecule has 4 heteroatoms. The van der Waals surface area contributed by atoms with Crippen molar-refractivity contribution in [3.05, 3.63) is 23.3 Å². The van der Waals surface area contributed by atoms with Gasteiger partial charge in [0.15, 0.2) is 11.5 Å². The van der Waals surface area contributed by atoms with Gasteiger partial charge in [0.05, 0.1) is 0 Å². The van der Waals surface area contributed by atoms with E-state index in [1.54, 1.807) is 0 Å². The number of fused-ring (bicyclic) bond motifs is 1. The first-order valence-corrected chi connectivity index (χ1v) is 6.49. The van der Waals surface area contributed by atoms with Gasteiger partial charge >= 0.3 is 0 Å². The highest BCUT2D eigenvalue weighted by Crippen LogP contribution is 2.36. The van der Waals surface area contributed by atoms with Crippen molar-refractivity contribution in [2.24, 2.45) is 17.4 Å². The number of hydrogen-bond acceptors (Lipinski definition) is 4. The van der Waals surface area contributed by atoms with E-state index in [1.165, 1.54) is 0 Å². The zero-order chi connectivity index (χ0) is 13.1. The minimum absolute atomic E-state index is 0.00984. The zero-order valence-electron chi connectivity index (χ0n) is 11.1. The Labute approximate surface area is 108 Å². The standard InChI is InChI=1S/C14H22N2O2/c1-9(3-4-15)14(16)11-8-13-12(7-10(11)2)17-5-6-18-13/h7-9,14H,3-6,15-16H2,1-2H3. The van der Waals surface area contributed by atoms with Crippen LogP contribution in [-0.4, -0.2) is 19.8 Å². The van der Waals surface area contributed by atoms with Crippen LogP contribution in [0.5, 0.6) is 11.5 Å². The van der Waals surface area contributed by atoms with Gasteiger partial charge in [-0.05, 0) is 49.1 Å². The fourth-order valence-electron chi connectivity index (χ4n) is 2.31. The summed E-state index contributed by atoms with van der Waals surface area (Å²) in [6.07, 6.45) is 0.926. The molecule has 0 aromatic heterocycles. The van der Waals surface area contributed by atoms with Gasteiger partial charge in [-0.2, -0.15) is 0 Å². The lowest BCUT2D eigenvalue weighted by atomic mass is 9.90. The molecule has 1 aromatic carbocycles. The smallest absolute Gasteiger partial charge is 0.161 e. The molecule has 4 nitrogen and oxygen atoms in total. The molecule has 0 saturated heterocycles. The van der Waals surface area contributed by atoms with E-state index < -0.39 is 0 Å². The lowest BCUT2D eigenvalue weighted by Crippen LogP contribution is -2.23. The average molecular weight is 250 g/mol. The van der Waals surface area contributed by atoms with Gasteiger partial charge in [-0.15, -0.1) is 0 Å². The van der Waals surface area contributed by atoms with Crippen LogP contribution in [-0.2, 0) is 0 Å². The summed E-state index contributed by atoms with van der Waals surface area (Å²) in [5, 5.41) is 0. The maximum absolute atomic E-state index is 6.31. The Morgan fingerprint density at radius 2 is 1.83 bits per heavy atom. The van der Waals surface area contributed by atoms with Crippen LogP contribution >= 0.6 is 0 Å². The van der Waals surface area contributed by atoms with Crippen LogP contribution in [0.4, 0.5) is 0 Å². The first kappa shape index (κ1) is 13.2. The molecule has 0 amide bonds. The van der Waals surface area contributed by atoms with Gasteiger partial charge in [-0.1, -0.05) is 6.92 Å². The first-order valence-electron chi connectivity index (χ1n) is 6.49. The number of ether oxygens (including phenoxy) is 2. The molecule has 1 aliphatic heterocycles. The lowest BCUT2D eigenvalue weighted by molar-refractivity contribution is 0.171. The van der Waals surface area contributed by atoms with Crippen molar-refractivity contribution in [3.63, 3.8) is 0 Å². The van der Waals surface area contributed by atoms with E-state index >= 15 is 0 Å². The number of nitrogens with two attached hydrogens (primary N) is 2. The van der Waals surface area contributed by atoms with E-state index in [-0.39, 0.29) is 6.04 Å². The van der Waals surface area contributed by atoms with Crippen molar-refractivity contribution in [1.29, 1.82) is 0 Å². The second-order valence-corrected chi connectivity index (χ2v) is 4.93. The van der Waals surface area contributed by atoms with Crippen molar-refractivity contribution >= 4 is 0 Å². The van der Waals surface area contributed by atoms with Crippen LogP contribution in [0.1, 0.15) is 30.5 Å². The number of rotatable bonds is 4. The molecular formula is C14H22N2O2. The second-order valence-electron chi connectivity index (χ2n) is 4.93. The lowest BCUT2D eigenvalue weighted by Gasteiger charge is -2.25. The summed E-state index contributed by atoms with van der Waals surface area (Å²) >= 11 is 0. The van der Waals surface area contributed by atoms with Crippen LogP contribution in [0.25, 0.3) is 0 Å². The highest BCUT2D eigenvalue weighted by molar-refractivity contribution is 5.48. The van der Waals surface area contributed by atoms with Crippen molar-refractivity contribution < 1.29 is 9.47 Å². The van der Waals surface area contributed by atoms with E-state index in [1.807, 2.05) is 12.1 Å². The normalized spacial score (nSPS) is 17.3. The molecule has 0 spiro atoms. The molecule has 0 aliphatic carbocycles. The summed E-state index contributed by atoms with van der Waals surface area (Å²) in [6.45, 7) is 6.07. The largest absolute Gasteiger partial charge is 0.486 e. The summed E-state index contributed by atoms with van der Waals surface area (Å²) in [6, 6.07) is 4.02. The molecule has 0 bridgehead atoms. The van der Waals surface area contributed by atoms with E-state index in [0.717, 1.165) is 29.0 Å². The summed E-state index contributed by atoms with van der Waals surface area (Å²) < 4.78 is 11.2. The third-order valence-corrected chi connectivity index (χ3v) is 3.53. The molecule has 0 saturated carbocycles. The zero-order valence-corrected chi connectivity index (χ0v) is 11.1. The summed E-state index contributed by atoms with van der Waals surface area (Å²) in [4.78, 5) is 0. The van der Waals surface area contributed by atoms with Crippen LogP contribution < -0.4 is 20.9 Å². The quantitative estimate of drug-likeness (QED) is 0.854. The molecule has 18 heavy (non-hydrogen) atoms. The second kappa shape index (κ2) is 5.59. The Hall–Kier alpha value is -1.26. The molecule has 100 valence electrons. The van der Waals surface area contributed by atoms with Crippen LogP contribution in [0.2, 0.25) is 0 Å². The molecular weight excluding hydrogens is 228 g/mol. The Bertz CT molecular complexity index is 421. The van der Waals surface area contributed by atoms with Crippen LogP contribution in [0.15, 0.2) is 12.1 Å². The van der Waals surface area contributed by atoms with Gasteiger partial charge in [0, 0.05) is 6.04 Å². The summed E-state index contributed by atoms with van der Waals surface area (Å²) in [5.41, 5.74) is 14.2. The molecule has 2 unspecified atom stereocenters. The summed E-state index contributed by atoms with van der Waals surface area (Å²) in [5.74, 6) is 1.98. The molecule has 1 aliphatic rings. The van der Waals surface area contributed by atoms with E-state index in [0.29, 0.717) is 25.7 Å².